The van der Waals surface area contributed by atoms with Gasteiger partial charge >= 0.3 is 132 Å². The SMILES string of the molecule is CCC[CH2][Sn]([CH2]CCC)([CH2]CCC)[C](C)(C)CC(C)=O. The fraction of sp³-hybridized carbons (Fsp3) is 0.944. The van der Waals surface area contributed by atoms with Crippen LogP contribution in [0.5, 0.6) is 0 Å². The molecule has 0 aromatic rings. The molecule has 0 saturated heterocycles. The van der Waals surface area contributed by atoms with Crippen molar-refractivity contribution in [3.05, 3.63) is 0 Å². The standard InChI is InChI=1S/C6H11O.3C4H9.Sn/c1-5(2)4-6(3)7;3*1-3-4-2;/h4H2,1-3H3;3*1,3-4H2,2H3;. The van der Waals surface area contributed by atoms with Gasteiger partial charge in [-0.3, -0.25) is 0 Å². The molecule has 0 aliphatic carbocycles. The van der Waals surface area contributed by atoms with Gasteiger partial charge in [-0.15, -0.1) is 0 Å². The molecule has 1 nitrogen and oxygen atoms in total. The number of hydrogen-bond acceptors (Lipinski definition) is 1. The average Bonchev–Trinajstić information content (AvgIpc) is 2.36. The summed E-state index contributed by atoms with van der Waals surface area (Å²) < 4.78 is 4.86. The molecule has 0 aromatic heterocycles. The van der Waals surface area contributed by atoms with Crippen molar-refractivity contribution in [3.63, 3.8) is 0 Å². The zero-order valence-electron chi connectivity index (χ0n) is 15.0. The van der Waals surface area contributed by atoms with E-state index in [1.54, 1.807) is 6.92 Å². The van der Waals surface area contributed by atoms with Crippen LogP contribution in [0.15, 0.2) is 0 Å². The Hall–Kier alpha value is 0.469. The van der Waals surface area contributed by atoms with Crippen molar-refractivity contribution < 1.29 is 4.79 Å². The van der Waals surface area contributed by atoms with Gasteiger partial charge in [-0.05, 0) is 0 Å². The number of Topliss-reactive ketones (excluding diaryl/α,β-unsaturated/α-hetero) is 1. The average molecular weight is 389 g/mol. The number of unbranched alkanes of at least 4 members (excludes halogenated alkanes) is 3. The number of carbonyl (C=O) groups excluding carboxylic acids is 1. The van der Waals surface area contributed by atoms with Gasteiger partial charge in [0, 0.05) is 0 Å². The fourth-order valence-corrected chi connectivity index (χ4v) is 22.3. The van der Waals surface area contributed by atoms with Crippen LogP contribution in [-0.2, 0) is 4.79 Å². The summed E-state index contributed by atoms with van der Waals surface area (Å²) in [4.78, 5) is 11.8. The van der Waals surface area contributed by atoms with E-state index in [0.29, 0.717) is 9.21 Å². The van der Waals surface area contributed by atoms with Crippen molar-refractivity contribution in [2.45, 2.75) is 103 Å². The van der Waals surface area contributed by atoms with E-state index >= 15 is 0 Å². The van der Waals surface area contributed by atoms with E-state index in [-0.39, 0.29) is 0 Å². The predicted octanol–water partition coefficient (Wildman–Crippen LogP) is 6.59. The molecular weight excluding hydrogens is 351 g/mol. The Morgan fingerprint density at radius 1 is 0.850 bits per heavy atom. The molecule has 20 heavy (non-hydrogen) atoms. The molecule has 0 rings (SSSR count). The summed E-state index contributed by atoms with van der Waals surface area (Å²) >= 11 is -2.26. The van der Waals surface area contributed by atoms with Crippen LogP contribution in [0.2, 0.25) is 16.7 Å². The second-order valence-electron chi connectivity index (χ2n) is 7.35. The summed E-state index contributed by atoms with van der Waals surface area (Å²) in [7, 11) is 0. The van der Waals surface area contributed by atoms with E-state index < -0.39 is 18.4 Å². The van der Waals surface area contributed by atoms with Crippen LogP contribution in [0.1, 0.15) is 86.5 Å². The van der Waals surface area contributed by atoms with Gasteiger partial charge in [-0.2, -0.15) is 0 Å². The van der Waals surface area contributed by atoms with E-state index in [9.17, 15) is 4.79 Å². The topological polar surface area (TPSA) is 17.1 Å². The Bertz CT molecular complexity index is 249. The first-order valence-electron chi connectivity index (χ1n) is 8.84. The third kappa shape index (κ3) is 6.49. The Labute approximate surface area is 132 Å². The number of carbonyl (C=O) groups is 1. The van der Waals surface area contributed by atoms with Gasteiger partial charge < -0.3 is 0 Å². The first-order valence-corrected chi connectivity index (χ1v) is 16.3. The minimum absolute atomic E-state index is 0.347. The molecule has 0 spiro atoms. The fourth-order valence-electron chi connectivity index (χ4n) is 3.75. The van der Waals surface area contributed by atoms with Crippen molar-refractivity contribution >= 4 is 24.2 Å². The number of hydrogen-bond donors (Lipinski definition) is 0. The van der Waals surface area contributed by atoms with Crippen LogP contribution < -0.4 is 0 Å². The van der Waals surface area contributed by atoms with Crippen LogP contribution in [-0.4, -0.2) is 24.2 Å². The molecule has 0 unspecified atom stereocenters. The quantitative estimate of drug-likeness (QED) is 0.344. The van der Waals surface area contributed by atoms with E-state index in [1.165, 1.54) is 51.8 Å². The van der Waals surface area contributed by atoms with Gasteiger partial charge in [-0.1, -0.05) is 0 Å². The summed E-state index contributed by atoms with van der Waals surface area (Å²) in [5, 5.41) is 0. The van der Waals surface area contributed by atoms with Crippen LogP contribution in [0.4, 0.5) is 0 Å². The third-order valence-corrected chi connectivity index (χ3v) is 25.1. The monoisotopic (exact) mass is 390 g/mol. The zero-order valence-corrected chi connectivity index (χ0v) is 17.8. The predicted molar refractivity (Wildman–Crippen MR) is 94.2 cm³/mol. The molecule has 0 aromatic carbocycles. The van der Waals surface area contributed by atoms with Gasteiger partial charge in [0.15, 0.2) is 0 Å². The Balaban J connectivity index is 5.24. The van der Waals surface area contributed by atoms with Crippen molar-refractivity contribution in [1.82, 2.24) is 0 Å². The molecule has 0 aliphatic rings. The summed E-state index contributed by atoms with van der Waals surface area (Å²) in [6.07, 6.45) is 8.95. The molecule has 120 valence electrons. The second kappa shape index (κ2) is 10.2. The van der Waals surface area contributed by atoms with Crippen molar-refractivity contribution in [3.8, 4) is 0 Å². The molecule has 0 saturated carbocycles. The first-order chi connectivity index (χ1) is 9.35. The summed E-state index contributed by atoms with van der Waals surface area (Å²) in [6, 6.07) is 0. The van der Waals surface area contributed by atoms with Crippen molar-refractivity contribution in [1.29, 1.82) is 0 Å². The van der Waals surface area contributed by atoms with Gasteiger partial charge in [0.25, 0.3) is 0 Å². The third-order valence-electron chi connectivity index (χ3n) is 5.15. The van der Waals surface area contributed by atoms with E-state index in [4.69, 9.17) is 0 Å². The number of rotatable bonds is 12. The first kappa shape index (κ1) is 20.5. The van der Waals surface area contributed by atoms with Crippen LogP contribution in [0, 0.1) is 0 Å². The van der Waals surface area contributed by atoms with Crippen LogP contribution in [0.25, 0.3) is 0 Å². The summed E-state index contributed by atoms with van der Waals surface area (Å²) in [5.41, 5.74) is 0. The normalized spacial score (nSPS) is 12.7. The molecular formula is C18H38OSn. The Kier molecular flexibility index (Phi) is 10.5. The second-order valence-corrected chi connectivity index (χ2v) is 22.8. The molecule has 0 N–H and O–H groups in total. The molecule has 0 radical (unpaired) electrons. The van der Waals surface area contributed by atoms with Crippen molar-refractivity contribution in [2.24, 2.45) is 0 Å². The number of ketones is 1. The Morgan fingerprint density at radius 3 is 1.45 bits per heavy atom. The maximum atomic E-state index is 11.8. The maximum absolute atomic E-state index is 11.8. The van der Waals surface area contributed by atoms with E-state index in [2.05, 4.69) is 34.6 Å². The zero-order chi connectivity index (χ0) is 15.6. The van der Waals surface area contributed by atoms with Gasteiger partial charge in [0.05, 0.1) is 0 Å². The molecule has 0 fully saturated rings. The summed E-state index contributed by atoms with van der Waals surface area (Å²) in [5.74, 6) is 0.403. The van der Waals surface area contributed by atoms with Gasteiger partial charge in [0.1, 0.15) is 0 Å². The molecule has 0 aliphatic heterocycles. The Morgan fingerprint density at radius 2 is 1.20 bits per heavy atom. The molecule has 0 amide bonds. The van der Waals surface area contributed by atoms with Gasteiger partial charge in [-0.25, -0.2) is 0 Å². The van der Waals surface area contributed by atoms with Crippen LogP contribution >= 0.6 is 0 Å². The molecule has 0 bridgehead atoms. The van der Waals surface area contributed by atoms with Gasteiger partial charge in [0.2, 0.25) is 0 Å². The van der Waals surface area contributed by atoms with E-state index in [0.717, 1.165) is 6.42 Å². The minimum atomic E-state index is -2.26. The van der Waals surface area contributed by atoms with Crippen LogP contribution in [0.3, 0.4) is 0 Å². The van der Waals surface area contributed by atoms with E-state index in [1.807, 2.05) is 0 Å². The van der Waals surface area contributed by atoms with Crippen molar-refractivity contribution in [2.75, 3.05) is 0 Å². The summed E-state index contributed by atoms with van der Waals surface area (Å²) in [6.45, 7) is 13.6. The molecule has 0 heterocycles. The molecule has 2 heteroatoms. The molecule has 0 atom stereocenters.